The van der Waals surface area contributed by atoms with E-state index in [0.717, 1.165) is 22.9 Å². The molecule has 0 bridgehead atoms. The highest BCUT2D eigenvalue weighted by molar-refractivity contribution is 7.99. The first-order valence-corrected chi connectivity index (χ1v) is 5.63. The van der Waals surface area contributed by atoms with Gasteiger partial charge in [-0.2, -0.15) is 4.98 Å². The predicted molar refractivity (Wildman–Crippen MR) is 64.1 cm³/mol. The molecule has 0 saturated heterocycles. The Labute approximate surface area is 106 Å². The van der Waals surface area contributed by atoms with Crippen molar-refractivity contribution in [3.8, 4) is 0 Å². The zero-order chi connectivity index (χ0) is 13.1. The predicted octanol–water partition coefficient (Wildman–Crippen LogP) is 1.72. The Morgan fingerprint density at radius 2 is 2.39 bits per heavy atom. The smallest absolute Gasteiger partial charge is 0.320 e. The normalized spacial score (nSPS) is 10.3. The van der Waals surface area contributed by atoms with E-state index in [4.69, 9.17) is 10.3 Å². The SMILES string of the molecule is Cc1occc1Sc1nc(NN)ncc1[N+](=O)[O-]. The fourth-order valence-electron chi connectivity index (χ4n) is 1.21. The van der Waals surface area contributed by atoms with Gasteiger partial charge in [0.05, 0.1) is 16.1 Å². The van der Waals surface area contributed by atoms with Crippen molar-refractivity contribution in [2.75, 3.05) is 5.43 Å². The van der Waals surface area contributed by atoms with Crippen LogP contribution in [0.25, 0.3) is 0 Å². The molecule has 0 radical (unpaired) electrons. The zero-order valence-corrected chi connectivity index (χ0v) is 10.1. The van der Waals surface area contributed by atoms with E-state index in [1.165, 1.54) is 6.26 Å². The van der Waals surface area contributed by atoms with Crippen LogP contribution in [-0.2, 0) is 0 Å². The minimum atomic E-state index is -0.544. The largest absolute Gasteiger partial charge is 0.468 e. The summed E-state index contributed by atoms with van der Waals surface area (Å²) < 4.78 is 5.12. The Hall–Kier alpha value is -2.13. The van der Waals surface area contributed by atoms with Gasteiger partial charge in [-0.1, -0.05) is 11.8 Å². The molecular formula is C9H9N5O3S. The van der Waals surface area contributed by atoms with Crippen LogP contribution in [-0.4, -0.2) is 14.9 Å². The third-order valence-corrected chi connectivity index (χ3v) is 3.22. The minimum Gasteiger partial charge on any atom is -0.468 e. The van der Waals surface area contributed by atoms with E-state index in [0.29, 0.717) is 5.76 Å². The summed E-state index contributed by atoms with van der Waals surface area (Å²) >= 11 is 1.12. The number of aromatic nitrogens is 2. The van der Waals surface area contributed by atoms with Crippen molar-refractivity contribution in [1.82, 2.24) is 9.97 Å². The van der Waals surface area contributed by atoms with Crippen LogP contribution in [0.2, 0.25) is 0 Å². The van der Waals surface area contributed by atoms with Gasteiger partial charge in [-0.3, -0.25) is 15.5 Å². The lowest BCUT2D eigenvalue weighted by atomic mass is 10.5. The molecule has 0 aromatic carbocycles. The minimum absolute atomic E-state index is 0.115. The summed E-state index contributed by atoms with van der Waals surface area (Å²) in [6.45, 7) is 1.76. The van der Waals surface area contributed by atoms with E-state index in [-0.39, 0.29) is 16.7 Å². The lowest BCUT2D eigenvalue weighted by molar-refractivity contribution is -0.388. The maximum Gasteiger partial charge on any atom is 0.320 e. The third kappa shape index (κ3) is 2.41. The van der Waals surface area contributed by atoms with E-state index in [9.17, 15) is 10.1 Å². The maximum absolute atomic E-state index is 10.9. The number of nitrogens with zero attached hydrogens (tertiary/aromatic N) is 3. The number of furan rings is 1. The maximum atomic E-state index is 10.9. The molecule has 0 saturated carbocycles. The number of nitrogens with one attached hydrogen (secondary N) is 1. The molecule has 0 aliphatic heterocycles. The van der Waals surface area contributed by atoms with Crippen molar-refractivity contribution in [2.24, 2.45) is 5.84 Å². The number of hydrazine groups is 1. The zero-order valence-electron chi connectivity index (χ0n) is 9.28. The van der Waals surface area contributed by atoms with Gasteiger partial charge < -0.3 is 4.42 Å². The Morgan fingerprint density at radius 1 is 1.61 bits per heavy atom. The highest BCUT2D eigenvalue weighted by Gasteiger charge is 2.19. The van der Waals surface area contributed by atoms with Crippen molar-refractivity contribution in [3.05, 3.63) is 34.4 Å². The molecule has 2 rings (SSSR count). The van der Waals surface area contributed by atoms with Crippen LogP contribution in [0.3, 0.4) is 0 Å². The van der Waals surface area contributed by atoms with Gasteiger partial charge in [0, 0.05) is 0 Å². The standard InChI is InChI=1S/C9H9N5O3S/c1-5-7(2-3-17-5)18-8-6(14(15)16)4-11-9(12-8)13-10/h2-4H,10H2,1H3,(H,11,12,13). The highest BCUT2D eigenvalue weighted by atomic mass is 32.2. The second-order valence-corrected chi connectivity index (χ2v) is 4.26. The molecular weight excluding hydrogens is 258 g/mol. The summed E-state index contributed by atoms with van der Waals surface area (Å²) in [5, 5.41) is 11.1. The van der Waals surface area contributed by atoms with Gasteiger partial charge in [-0.15, -0.1) is 0 Å². The number of nitrogens with two attached hydrogens (primary N) is 1. The molecule has 0 spiro atoms. The number of hydrogen-bond donors (Lipinski definition) is 2. The molecule has 94 valence electrons. The highest BCUT2D eigenvalue weighted by Crippen LogP contribution is 2.35. The molecule has 0 aliphatic rings. The van der Waals surface area contributed by atoms with Crippen LogP contribution in [0.4, 0.5) is 11.6 Å². The fraction of sp³-hybridized carbons (Fsp3) is 0.111. The molecule has 2 aromatic heterocycles. The Balaban J connectivity index is 2.41. The van der Waals surface area contributed by atoms with Crippen LogP contribution in [0.1, 0.15) is 5.76 Å². The van der Waals surface area contributed by atoms with Crippen molar-refractivity contribution in [1.29, 1.82) is 0 Å². The van der Waals surface area contributed by atoms with E-state index in [2.05, 4.69) is 15.4 Å². The Bertz CT molecular complexity index is 585. The first-order chi connectivity index (χ1) is 8.61. The molecule has 0 fully saturated rings. The average Bonchev–Trinajstić information content (AvgIpc) is 2.74. The van der Waals surface area contributed by atoms with Crippen molar-refractivity contribution >= 4 is 23.4 Å². The van der Waals surface area contributed by atoms with Crippen molar-refractivity contribution < 1.29 is 9.34 Å². The monoisotopic (exact) mass is 267 g/mol. The van der Waals surface area contributed by atoms with Crippen LogP contribution >= 0.6 is 11.8 Å². The molecule has 0 aliphatic carbocycles. The van der Waals surface area contributed by atoms with Gasteiger partial charge in [-0.05, 0) is 13.0 Å². The quantitative estimate of drug-likeness (QED) is 0.372. The van der Waals surface area contributed by atoms with E-state index < -0.39 is 4.92 Å². The van der Waals surface area contributed by atoms with Crippen LogP contribution in [0.15, 0.2) is 32.9 Å². The van der Waals surface area contributed by atoms with Crippen LogP contribution in [0.5, 0.6) is 0 Å². The third-order valence-electron chi connectivity index (χ3n) is 2.08. The number of hydrogen-bond acceptors (Lipinski definition) is 8. The van der Waals surface area contributed by atoms with E-state index >= 15 is 0 Å². The fourth-order valence-corrected chi connectivity index (χ4v) is 2.10. The first kappa shape index (κ1) is 12.3. The lowest BCUT2D eigenvalue weighted by Gasteiger charge is -2.03. The first-order valence-electron chi connectivity index (χ1n) is 4.82. The van der Waals surface area contributed by atoms with Gasteiger partial charge in [0.1, 0.15) is 12.0 Å². The molecule has 3 N–H and O–H groups in total. The van der Waals surface area contributed by atoms with Gasteiger partial charge >= 0.3 is 5.69 Å². The summed E-state index contributed by atoms with van der Waals surface area (Å²) in [7, 11) is 0. The number of anilines is 1. The molecule has 0 atom stereocenters. The Kier molecular flexibility index (Phi) is 3.44. The average molecular weight is 267 g/mol. The molecule has 2 heterocycles. The Morgan fingerprint density at radius 3 is 2.94 bits per heavy atom. The summed E-state index contributed by atoms with van der Waals surface area (Å²) in [5.74, 6) is 5.95. The second kappa shape index (κ2) is 5.02. The van der Waals surface area contributed by atoms with Crippen LogP contribution < -0.4 is 11.3 Å². The van der Waals surface area contributed by atoms with Gasteiger partial charge in [-0.25, -0.2) is 10.8 Å². The molecule has 9 heteroatoms. The van der Waals surface area contributed by atoms with Crippen LogP contribution in [0, 0.1) is 17.0 Å². The molecule has 8 nitrogen and oxygen atoms in total. The summed E-state index contributed by atoms with van der Waals surface area (Å²) in [6, 6.07) is 1.71. The number of nitro groups is 1. The van der Waals surface area contributed by atoms with Gasteiger partial charge in [0.15, 0.2) is 5.03 Å². The number of nitrogen functional groups attached to an aromatic ring is 1. The summed E-state index contributed by atoms with van der Waals surface area (Å²) in [6.07, 6.45) is 2.62. The van der Waals surface area contributed by atoms with E-state index in [1.54, 1.807) is 13.0 Å². The van der Waals surface area contributed by atoms with E-state index in [1.807, 2.05) is 0 Å². The lowest BCUT2D eigenvalue weighted by Crippen LogP contribution is -2.11. The molecule has 18 heavy (non-hydrogen) atoms. The molecule has 0 unspecified atom stereocenters. The summed E-state index contributed by atoms with van der Waals surface area (Å²) in [4.78, 5) is 18.7. The molecule has 0 amide bonds. The second-order valence-electron chi connectivity index (χ2n) is 3.23. The van der Waals surface area contributed by atoms with Crippen molar-refractivity contribution in [2.45, 2.75) is 16.8 Å². The van der Waals surface area contributed by atoms with Crippen molar-refractivity contribution in [3.63, 3.8) is 0 Å². The molecule has 2 aromatic rings. The van der Waals surface area contributed by atoms with Gasteiger partial charge in [0.2, 0.25) is 5.95 Å². The summed E-state index contributed by atoms with van der Waals surface area (Å²) in [5.41, 5.74) is 2.07. The number of rotatable bonds is 4. The van der Waals surface area contributed by atoms with Gasteiger partial charge in [0.25, 0.3) is 0 Å². The number of aryl methyl sites for hydroxylation is 1. The topological polar surface area (TPSA) is 120 Å².